The van der Waals surface area contributed by atoms with Gasteiger partial charge in [0, 0.05) is 17.1 Å². The Kier molecular flexibility index (Phi) is 8.72. The number of rotatable bonds is 8. The fourth-order valence-corrected chi connectivity index (χ4v) is 3.10. The lowest BCUT2D eigenvalue weighted by atomic mass is 10.1. The highest BCUT2D eigenvalue weighted by Gasteiger charge is 2.15. The normalized spacial score (nSPS) is 10.9. The van der Waals surface area contributed by atoms with Crippen molar-refractivity contribution in [2.75, 3.05) is 10.6 Å². The summed E-state index contributed by atoms with van der Waals surface area (Å²) in [5.41, 5.74) is 6.55. The van der Waals surface area contributed by atoms with Crippen molar-refractivity contribution in [1.82, 2.24) is 5.43 Å². The average molecular weight is 473 g/mol. The van der Waals surface area contributed by atoms with Gasteiger partial charge in [-0.1, -0.05) is 42.5 Å². The second-order valence-corrected chi connectivity index (χ2v) is 8.08. The molecule has 0 fully saturated rings. The number of nitrogens with zero attached hydrogens (tertiary/aromatic N) is 1. The summed E-state index contributed by atoms with van der Waals surface area (Å²) in [6.07, 6.45) is -0.0505. The minimum absolute atomic E-state index is 0.0505. The molecule has 35 heavy (non-hydrogen) atoms. The van der Waals surface area contributed by atoms with Gasteiger partial charge in [0.05, 0.1) is 6.42 Å². The summed E-state index contributed by atoms with van der Waals surface area (Å²) in [5.74, 6) is -1.38. The van der Waals surface area contributed by atoms with Crippen LogP contribution >= 0.6 is 0 Å². The third-order valence-corrected chi connectivity index (χ3v) is 5.00. The number of benzene rings is 3. The Morgan fingerprint density at radius 3 is 2.29 bits per heavy atom. The van der Waals surface area contributed by atoms with Gasteiger partial charge in [0.2, 0.25) is 5.91 Å². The monoisotopic (exact) mass is 472 g/mol. The second-order valence-electron chi connectivity index (χ2n) is 8.08. The SMILES string of the molecule is CC(CC(=O)Nc1ccc(OCc2ccccc2)cc1)=NNC(=O)C(=O)Nc1cc(C)ccc1C. The molecule has 0 aromatic heterocycles. The summed E-state index contributed by atoms with van der Waals surface area (Å²) >= 11 is 0. The topological polar surface area (TPSA) is 109 Å². The molecule has 0 atom stereocenters. The minimum Gasteiger partial charge on any atom is -0.489 e. The summed E-state index contributed by atoms with van der Waals surface area (Å²) in [7, 11) is 0. The van der Waals surface area contributed by atoms with Crippen molar-refractivity contribution in [3.8, 4) is 5.75 Å². The van der Waals surface area contributed by atoms with E-state index in [-0.39, 0.29) is 12.3 Å². The van der Waals surface area contributed by atoms with E-state index in [2.05, 4.69) is 21.2 Å². The van der Waals surface area contributed by atoms with Gasteiger partial charge in [-0.3, -0.25) is 14.4 Å². The van der Waals surface area contributed by atoms with E-state index in [1.165, 1.54) is 0 Å². The molecule has 0 aliphatic rings. The molecule has 0 spiro atoms. The number of hydrogen-bond acceptors (Lipinski definition) is 5. The smallest absolute Gasteiger partial charge is 0.329 e. The second kappa shape index (κ2) is 12.1. The lowest BCUT2D eigenvalue weighted by molar-refractivity contribution is -0.136. The van der Waals surface area contributed by atoms with Crippen LogP contribution in [0.2, 0.25) is 0 Å². The van der Waals surface area contributed by atoms with Crippen molar-refractivity contribution in [1.29, 1.82) is 0 Å². The Bertz CT molecular complexity index is 1220. The van der Waals surface area contributed by atoms with Crippen LogP contribution in [0, 0.1) is 13.8 Å². The number of hydrazone groups is 1. The number of anilines is 2. The van der Waals surface area contributed by atoms with Gasteiger partial charge in [0.15, 0.2) is 0 Å². The molecule has 180 valence electrons. The molecule has 8 nitrogen and oxygen atoms in total. The zero-order valence-corrected chi connectivity index (χ0v) is 19.9. The molecule has 0 aliphatic heterocycles. The molecule has 3 N–H and O–H groups in total. The van der Waals surface area contributed by atoms with Crippen molar-refractivity contribution in [2.45, 2.75) is 33.8 Å². The zero-order chi connectivity index (χ0) is 25.2. The van der Waals surface area contributed by atoms with E-state index in [4.69, 9.17) is 4.74 Å². The van der Waals surface area contributed by atoms with Crippen LogP contribution in [-0.2, 0) is 21.0 Å². The van der Waals surface area contributed by atoms with Crippen molar-refractivity contribution < 1.29 is 19.1 Å². The molecule has 0 heterocycles. The maximum atomic E-state index is 12.3. The van der Waals surface area contributed by atoms with Crippen molar-refractivity contribution in [3.63, 3.8) is 0 Å². The lowest BCUT2D eigenvalue weighted by Gasteiger charge is -2.09. The number of aryl methyl sites for hydroxylation is 2. The Balaban J connectivity index is 1.44. The minimum atomic E-state index is -0.920. The largest absolute Gasteiger partial charge is 0.489 e. The van der Waals surface area contributed by atoms with E-state index in [0.717, 1.165) is 16.7 Å². The van der Waals surface area contributed by atoms with Gasteiger partial charge in [-0.15, -0.1) is 0 Å². The Morgan fingerprint density at radius 1 is 0.857 bits per heavy atom. The highest BCUT2D eigenvalue weighted by atomic mass is 16.5. The summed E-state index contributed by atoms with van der Waals surface area (Å²) in [4.78, 5) is 36.5. The van der Waals surface area contributed by atoms with Crippen LogP contribution in [0.5, 0.6) is 5.75 Å². The average Bonchev–Trinajstić information content (AvgIpc) is 2.85. The number of ether oxygens (including phenoxy) is 1. The van der Waals surface area contributed by atoms with Crippen molar-refractivity contribution >= 4 is 34.8 Å². The summed E-state index contributed by atoms with van der Waals surface area (Å²) in [5, 5.41) is 9.17. The highest BCUT2D eigenvalue weighted by molar-refractivity contribution is 6.39. The van der Waals surface area contributed by atoms with Gasteiger partial charge >= 0.3 is 11.8 Å². The van der Waals surface area contributed by atoms with Crippen LogP contribution in [0.3, 0.4) is 0 Å². The highest BCUT2D eigenvalue weighted by Crippen LogP contribution is 2.18. The molecule has 3 aromatic carbocycles. The van der Waals surface area contributed by atoms with E-state index in [1.54, 1.807) is 37.3 Å². The Labute approximate surface area is 204 Å². The van der Waals surface area contributed by atoms with E-state index in [1.807, 2.05) is 56.3 Å². The van der Waals surface area contributed by atoms with E-state index in [0.29, 0.717) is 29.4 Å². The van der Waals surface area contributed by atoms with Gasteiger partial charge in [0.1, 0.15) is 12.4 Å². The number of hydrogen-bond donors (Lipinski definition) is 3. The molecule has 3 rings (SSSR count). The fourth-order valence-electron chi connectivity index (χ4n) is 3.10. The molecule has 3 aromatic rings. The van der Waals surface area contributed by atoms with Crippen LogP contribution < -0.4 is 20.8 Å². The third-order valence-electron chi connectivity index (χ3n) is 5.00. The zero-order valence-electron chi connectivity index (χ0n) is 19.9. The molecule has 0 aliphatic carbocycles. The van der Waals surface area contributed by atoms with Gasteiger partial charge in [-0.2, -0.15) is 5.10 Å². The van der Waals surface area contributed by atoms with Crippen LogP contribution in [-0.4, -0.2) is 23.4 Å². The van der Waals surface area contributed by atoms with E-state index in [9.17, 15) is 14.4 Å². The number of carbonyl (C=O) groups is 3. The van der Waals surface area contributed by atoms with Gasteiger partial charge in [-0.25, -0.2) is 5.43 Å². The maximum Gasteiger partial charge on any atom is 0.329 e. The standard InChI is InChI=1S/C27H28N4O4/c1-18-9-10-19(2)24(15-18)29-26(33)27(34)31-30-20(3)16-25(32)28-22-11-13-23(14-12-22)35-17-21-7-5-4-6-8-21/h4-15H,16-17H2,1-3H3,(H,28,32)(H,29,33)(H,31,34). The summed E-state index contributed by atoms with van der Waals surface area (Å²) in [6, 6.07) is 22.4. The molecule has 8 heteroatoms. The van der Waals surface area contributed by atoms with Gasteiger partial charge in [0.25, 0.3) is 0 Å². The number of amides is 3. The maximum absolute atomic E-state index is 12.3. The predicted molar refractivity (Wildman–Crippen MR) is 136 cm³/mol. The molecular formula is C27H28N4O4. The first-order valence-electron chi connectivity index (χ1n) is 11.1. The molecule has 3 amide bonds. The molecule has 0 bridgehead atoms. The van der Waals surface area contributed by atoms with Crippen LogP contribution in [0.1, 0.15) is 30.0 Å². The van der Waals surface area contributed by atoms with E-state index < -0.39 is 11.8 Å². The Hall–Kier alpha value is -4.46. The fraction of sp³-hybridized carbons (Fsp3) is 0.185. The number of nitrogens with one attached hydrogen (secondary N) is 3. The van der Waals surface area contributed by atoms with Crippen molar-refractivity contribution in [3.05, 3.63) is 89.5 Å². The summed E-state index contributed by atoms with van der Waals surface area (Å²) < 4.78 is 5.74. The first-order chi connectivity index (χ1) is 16.8. The molecule has 0 saturated heterocycles. The lowest BCUT2D eigenvalue weighted by Crippen LogP contribution is -2.33. The quantitative estimate of drug-likeness (QED) is 0.257. The molecular weight excluding hydrogens is 444 g/mol. The van der Waals surface area contributed by atoms with Crippen molar-refractivity contribution in [2.24, 2.45) is 5.10 Å². The van der Waals surface area contributed by atoms with Crippen LogP contribution in [0.4, 0.5) is 11.4 Å². The first-order valence-corrected chi connectivity index (χ1v) is 11.1. The number of carbonyl (C=O) groups excluding carboxylic acids is 3. The first kappa shape index (κ1) is 25.2. The van der Waals surface area contributed by atoms with Crippen LogP contribution in [0.15, 0.2) is 77.9 Å². The van der Waals surface area contributed by atoms with Crippen LogP contribution in [0.25, 0.3) is 0 Å². The predicted octanol–water partition coefficient (Wildman–Crippen LogP) is 4.34. The Morgan fingerprint density at radius 2 is 1.57 bits per heavy atom. The third kappa shape index (κ3) is 8.12. The molecule has 0 saturated carbocycles. The summed E-state index contributed by atoms with van der Waals surface area (Å²) in [6.45, 7) is 5.76. The van der Waals surface area contributed by atoms with Gasteiger partial charge < -0.3 is 15.4 Å². The van der Waals surface area contributed by atoms with Gasteiger partial charge in [-0.05, 0) is 67.8 Å². The molecule has 0 unspecified atom stereocenters. The van der Waals surface area contributed by atoms with E-state index >= 15 is 0 Å². The molecule has 0 radical (unpaired) electrons.